The van der Waals surface area contributed by atoms with Crippen LogP contribution < -0.4 is 10.1 Å². The van der Waals surface area contributed by atoms with E-state index in [1.54, 1.807) is 0 Å². The van der Waals surface area contributed by atoms with Crippen LogP contribution in [0, 0.1) is 0 Å². The van der Waals surface area contributed by atoms with Gasteiger partial charge < -0.3 is 10.1 Å². The molecule has 0 aliphatic rings. The smallest absolute Gasteiger partial charge is 0.219 e. The lowest BCUT2D eigenvalue weighted by Gasteiger charge is -2.10. The molecule has 1 aromatic carbocycles. The molecule has 0 saturated carbocycles. The van der Waals surface area contributed by atoms with Gasteiger partial charge in [-0.1, -0.05) is 38.5 Å². The number of para-hydroxylation sites is 1. The van der Waals surface area contributed by atoms with Crippen molar-refractivity contribution < 1.29 is 4.74 Å². The fourth-order valence-corrected chi connectivity index (χ4v) is 2.04. The van der Waals surface area contributed by atoms with E-state index in [1.165, 1.54) is 5.56 Å². The van der Waals surface area contributed by atoms with Crippen LogP contribution in [0.5, 0.6) is 11.6 Å². The third-order valence-electron chi connectivity index (χ3n) is 2.97. The Hall–Kier alpha value is -1.87. The number of benzene rings is 1. The highest BCUT2D eigenvalue weighted by Crippen LogP contribution is 2.21. The van der Waals surface area contributed by atoms with Gasteiger partial charge in [-0.2, -0.15) is 0 Å². The van der Waals surface area contributed by atoms with Gasteiger partial charge in [-0.3, -0.25) is 0 Å². The first-order valence-corrected chi connectivity index (χ1v) is 7.25. The van der Waals surface area contributed by atoms with Crippen molar-refractivity contribution in [2.75, 3.05) is 6.54 Å². The number of pyridine rings is 1. The zero-order valence-electron chi connectivity index (χ0n) is 12.2. The fourth-order valence-electron chi connectivity index (χ4n) is 2.04. The van der Waals surface area contributed by atoms with Gasteiger partial charge in [-0.25, -0.2) is 4.98 Å². The Morgan fingerprint density at radius 2 is 1.90 bits per heavy atom. The molecule has 1 heterocycles. The van der Waals surface area contributed by atoms with E-state index in [0.29, 0.717) is 5.88 Å². The molecule has 0 atom stereocenters. The van der Waals surface area contributed by atoms with Gasteiger partial charge in [0.2, 0.25) is 5.88 Å². The van der Waals surface area contributed by atoms with Crippen molar-refractivity contribution in [2.24, 2.45) is 0 Å². The van der Waals surface area contributed by atoms with Crippen LogP contribution in [0.3, 0.4) is 0 Å². The van der Waals surface area contributed by atoms with Crippen LogP contribution in [0.1, 0.15) is 31.5 Å². The Bertz CT molecular complexity index is 526. The van der Waals surface area contributed by atoms with Crippen molar-refractivity contribution >= 4 is 0 Å². The molecule has 0 spiro atoms. The lowest BCUT2D eigenvalue weighted by atomic mass is 10.1. The lowest BCUT2D eigenvalue weighted by Crippen LogP contribution is -2.12. The van der Waals surface area contributed by atoms with Gasteiger partial charge >= 0.3 is 0 Å². The summed E-state index contributed by atoms with van der Waals surface area (Å²) in [7, 11) is 0. The first-order chi connectivity index (χ1) is 9.81. The molecule has 3 nitrogen and oxygen atoms in total. The van der Waals surface area contributed by atoms with E-state index in [0.717, 1.165) is 37.4 Å². The predicted octanol–water partition coefficient (Wildman–Crippen LogP) is 3.94. The number of aryl methyl sites for hydroxylation is 1. The molecular weight excluding hydrogens is 248 g/mol. The number of aromatic nitrogens is 1. The summed E-state index contributed by atoms with van der Waals surface area (Å²) in [4.78, 5) is 4.58. The van der Waals surface area contributed by atoms with Gasteiger partial charge in [-0.15, -0.1) is 0 Å². The average Bonchev–Trinajstić information content (AvgIpc) is 2.46. The third-order valence-corrected chi connectivity index (χ3v) is 2.97. The summed E-state index contributed by atoms with van der Waals surface area (Å²) >= 11 is 0. The maximum Gasteiger partial charge on any atom is 0.219 e. The highest BCUT2D eigenvalue weighted by Gasteiger charge is 2.04. The van der Waals surface area contributed by atoms with Crippen LogP contribution in [0.4, 0.5) is 0 Å². The Kier molecular flexibility index (Phi) is 5.56. The van der Waals surface area contributed by atoms with Crippen molar-refractivity contribution in [2.45, 2.75) is 33.2 Å². The molecule has 0 unspecified atom stereocenters. The normalized spacial score (nSPS) is 10.5. The lowest BCUT2D eigenvalue weighted by molar-refractivity contribution is 0.459. The fraction of sp³-hybridized carbons (Fsp3) is 0.353. The molecular formula is C17H22N2O. The van der Waals surface area contributed by atoms with E-state index in [1.807, 2.05) is 36.4 Å². The van der Waals surface area contributed by atoms with Gasteiger partial charge in [0.05, 0.1) is 0 Å². The van der Waals surface area contributed by atoms with Crippen LogP contribution in [0.2, 0.25) is 0 Å². The number of hydrogen-bond donors (Lipinski definition) is 1. The second-order valence-corrected chi connectivity index (χ2v) is 4.75. The summed E-state index contributed by atoms with van der Waals surface area (Å²) in [5, 5.41) is 3.34. The average molecular weight is 270 g/mol. The second-order valence-electron chi connectivity index (χ2n) is 4.75. The predicted molar refractivity (Wildman–Crippen MR) is 82.1 cm³/mol. The quantitative estimate of drug-likeness (QED) is 0.827. The SMILES string of the molecule is CCCc1cc(CNCC)cc(Oc2ccccc2)n1. The summed E-state index contributed by atoms with van der Waals surface area (Å²) in [6, 6.07) is 14.0. The Balaban J connectivity index is 2.19. The van der Waals surface area contributed by atoms with Crippen LogP contribution in [0.25, 0.3) is 0 Å². The van der Waals surface area contributed by atoms with Crippen LogP contribution >= 0.6 is 0 Å². The van der Waals surface area contributed by atoms with E-state index in [4.69, 9.17) is 4.74 Å². The first kappa shape index (κ1) is 14.5. The first-order valence-electron chi connectivity index (χ1n) is 7.25. The molecule has 1 N–H and O–H groups in total. The molecule has 2 rings (SSSR count). The molecule has 2 aromatic rings. The van der Waals surface area contributed by atoms with Gasteiger partial charge in [0, 0.05) is 18.3 Å². The molecule has 0 radical (unpaired) electrons. The van der Waals surface area contributed by atoms with Crippen LogP contribution in [0.15, 0.2) is 42.5 Å². The van der Waals surface area contributed by atoms with E-state index in [9.17, 15) is 0 Å². The highest BCUT2D eigenvalue weighted by molar-refractivity contribution is 5.30. The zero-order valence-corrected chi connectivity index (χ0v) is 12.2. The summed E-state index contributed by atoms with van der Waals surface area (Å²) in [5.74, 6) is 1.50. The van der Waals surface area contributed by atoms with Gasteiger partial charge in [0.25, 0.3) is 0 Å². The second kappa shape index (κ2) is 7.65. The summed E-state index contributed by atoms with van der Waals surface area (Å²) in [6.07, 6.45) is 2.06. The molecule has 0 bridgehead atoms. The number of rotatable bonds is 7. The van der Waals surface area contributed by atoms with Crippen molar-refractivity contribution in [3.05, 3.63) is 53.7 Å². The number of ether oxygens (including phenoxy) is 1. The molecule has 20 heavy (non-hydrogen) atoms. The van der Waals surface area contributed by atoms with E-state index < -0.39 is 0 Å². The Morgan fingerprint density at radius 1 is 1.10 bits per heavy atom. The maximum absolute atomic E-state index is 5.85. The topological polar surface area (TPSA) is 34.1 Å². The molecule has 0 aliphatic heterocycles. The minimum Gasteiger partial charge on any atom is -0.439 e. The van der Waals surface area contributed by atoms with E-state index >= 15 is 0 Å². The van der Waals surface area contributed by atoms with Gasteiger partial charge in [-0.05, 0) is 36.7 Å². The summed E-state index contributed by atoms with van der Waals surface area (Å²) in [5.41, 5.74) is 2.31. The largest absolute Gasteiger partial charge is 0.439 e. The van der Waals surface area contributed by atoms with Gasteiger partial charge in [0.1, 0.15) is 5.75 Å². The molecule has 1 aromatic heterocycles. The molecule has 106 valence electrons. The third kappa shape index (κ3) is 4.35. The minimum absolute atomic E-state index is 0.676. The monoisotopic (exact) mass is 270 g/mol. The van der Waals surface area contributed by atoms with Crippen molar-refractivity contribution in [3.63, 3.8) is 0 Å². The highest BCUT2D eigenvalue weighted by atomic mass is 16.5. The van der Waals surface area contributed by atoms with Crippen LogP contribution in [-0.2, 0) is 13.0 Å². The van der Waals surface area contributed by atoms with Crippen molar-refractivity contribution in [1.29, 1.82) is 0 Å². The number of nitrogens with one attached hydrogen (secondary N) is 1. The van der Waals surface area contributed by atoms with E-state index in [2.05, 4.69) is 30.2 Å². The summed E-state index contributed by atoms with van der Waals surface area (Å²) in [6.45, 7) is 6.08. The molecule has 0 aliphatic carbocycles. The molecule has 0 saturated heterocycles. The van der Waals surface area contributed by atoms with Crippen molar-refractivity contribution in [1.82, 2.24) is 10.3 Å². The maximum atomic E-state index is 5.85. The minimum atomic E-state index is 0.676. The zero-order chi connectivity index (χ0) is 14.2. The Labute approximate surface area is 121 Å². The molecule has 3 heteroatoms. The van der Waals surface area contributed by atoms with Crippen molar-refractivity contribution in [3.8, 4) is 11.6 Å². The number of nitrogens with zero attached hydrogens (tertiary/aromatic N) is 1. The standard InChI is InChI=1S/C17H22N2O/c1-3-8-15-11-14(13-18-4-2)12-17(19-15)20-16-9-6-5-7-10-16/h5-7,9-12,18H,3-4,8,13H2,1-2H3. The Morgan fingerprint density at radius 3 is 2.60 bits per heavy atom. The summed E-state index contributed by atoms with van der Waals surface area (Å²) < 4.78 is 5.85. The van der Waals surface area contributed by atoms with Crippen LogP contribution in [-0.4, -0.2) is 11.5 Å². The molecule has 0 amide bonds. The van der Waals surface area contributed by atoms with E-state index in [-0.39, 0.29) is 0 Å². The molecule has 0 fully saturated rings. The number of hydrogen-bond acceptors (Lipinski definition) is 3. The van der Waals surface area contributed by atoms with Gasteiger partial charge in [0.15, 0.2) is 0 Å².